The molecule has 3 aromatic heterocycles. The Bertz CT molecular complexity index is 1180. The molecule has 0 aliphatic heterocycles. The molecule has 0 amide bonds. The van der Waals surface area contributed by atoms with Gasteiger partial charge in [0.1, 0.15) is 5.65 Å². The fourth-order valence-corrected chi connectivity index (χ4v) is 3.52. The molecule has 2 N–H and O–H groups in total. The number of pyridine rings is 1. The van der Waals surface area contributed by atoms with Gasteiger partial charge in [0.15, 0.2) is 5.82 Å². The zero-order chi connectivity index (χ0) is 19.0. The van der Waals surface area contributed by atoms with Crippen LogP contribution in [0.5, 0.6) is 0 Å². The number of halogens is 1. The molecule has 4 aromatic rings. The number of hydrogen-bond donors (Lipinski definition) is 1. The number of nitrogen functional groups attached to an aromatic ring is 1. The fourth-order valence-electron chi connectivity index (χ4n) is 2.61. The van der Waals surface area contributed by atoms with Gasteiger partial charge in [-0.25, -0.2) is 9.66 Å². The van der Waals surface area contributed by atoms with Crippen molar-refractivity contribution < 1.29 is 0 Å². The number of hydrogen-bond acceptors (Lipinski definition) is 6. The second-order valence-corrected chi connectivity index (χ2v) is 7.37. The van der Waals surface area contributed by atoms with Crippen molar-refractivity contribution in [3.63, 3.8) is 0 Å². The molecule has 0 spiro atoms. The molecule has 136 valence electrons. The molecule has 27 heavy (non-hydrogen) atoms. The van der Waals surface area contributed by atoms with E-state index in [0.29, 0.717) is 33.1 Å². The van der Waals surface area contributed by atoms with E-state index in [2.05, 4.69) is 15.2 Å². The lowest BCUT2D eigenvalue weighted by Gasteiger charge is -2.05. The van der Waals surface area contributed by atoms with Crippen LogP contribution in [0.1, 0.15) is 11.3 Å². The highest BCUT2D eigenvalue weighted by Crippen LogP contribution is 2.24. The Labute approximate surface area is 163 Å². The van der Waals surface area contributed by atoms with Gasteiger partial charge in [-0.15, -0.1) is 10.2 Å². The van der Waals surface area contributed by atoms with Crippen molar-refractivity contribution in [3.8, 4) is 11.4 Å². The first-order chi connectivity index (χ1) is 13.0. The minimum atomic E-state index is -0.187. The van der Waals surface area contributed by atoms with Gasteiger partial charge in [0.25, 0.3) is 5.56 Å². The zero-order valence-electron chi connectivity index (χ0n) is 14.3. The second-order valence-electron chi connectivity index (χ2n) is 5.99. The third-order valence-corrected chi connectivity index (χ3v) is 5.20. The number of thioether (sulfide) groups is 1. The van der Waals surface area contributed by atoms with Crippen molar-refractivity contribution in [1.29, 1.82) is 0 Å². The fraction of sp³-hybridized carbons (Fsp3) is 0.111. The SMILES string of the molecule is Cc1ccc(-c2nnc(SCc3cc(=O)n4cc(Cl)ccc4n3)n2N)cc1. The van der Waals surface area contributed by atoms with Crippen LogP contribution in [0, 0.1) is 6.92 Å². The summed E-state index contributed by atoms with van der Waals surface area (Å²) in [5.74, 6) is 7.17. The molecule has 1 aromatic carbocycles. The van der Waals surface area contributed by atoms with Gasteiger partial charge in [0, 0.05) is 23.6 Å². The van der Waals surface area contributed by atoms with E-state index in [1.54, 1.807) is 18.3 Å². The maximum Gasteiger partial charge on any atom is 0.258 e. The van der Waals surface area contributed by atoms with Crippen LogP contribution in [-0.4, -0.2) is 24.3 Å². The lowest BCUT2D eigenvalue weighted by atomic mass is 10.1. The summed E-state index contributed by atoms with van der Waals surface area (Å²) in [7, 11) is 0. The molecule has 0 atom stereocenters. The van der Waals surface area contributed by atoms with E-state index in [1.165, 1.54) is 26.9 Å². The molecule has 0 radical (unpaired) electrons. The number of aromatic nitrogens is 5. The Balaban J connectivity index is 1.57. The normalized spacial score (nSPS) is 11.2. The summed E-state index contributed by atoms with van der Waals surface area (Å²) >= 11 is 7.29. The summed E-state index contributed by atoms with van der Waals surface area (Å²) in [6.45, 7) is 2.02. The molecule has 4 rings (SSSR count). The number of aryl methyl sites for hydroxylation is 1. The van der Waals surface area contributed by atoms with Crippen molar-refractivity contribution in [2.45, 2.75) is 17.8 Å². The Kier molecular flexibility index (Phi) is 4.59. The highest BCUT2D eigenvalue weighted by Gasteiger charge is 2.13. The minimum absolute atomic E-state index is 0.187. The quantitative estimate of drug-likeness (QED) is 0.420. The lowest BCUT2D eigenvalue weighted by Crippen LogP contribution is -2.15. The van der Waals surface area contributed by atoms with Crippen LogP contribution < -0.4 is 11.4 Å². The number of rotatable bonds is 4. The molecule has 3 heterocycles. The van der Waals surface area contributed by atoms with Gasteiger partial charge in [0.05, 0.1) is 10.7 Å². The predicted molar refractivity (Wildman–Crippen MR) is 106 cm³/mol. The van der Waals surface area contributed by atoms with E-state index in [9.17, 15) is 4.79 Å². The average molecular weight is 399 g/mol. The molecule has 0 bridgehead atoms. The van der Waals surface area contributed by atoms with Crippen LogP contribution >= 0.6 is 23.4 Å². The monoisotopic (exact) mass is 398 g/mol. The van der Waals surface area contributed by atoms with Gasteiger partial charge in [-0.2, -0.15) is 0 Å². The Hall–Kier alpha value is -2.84. The maximum absolute atomic E-state index is 12.2. The highest BCUT2D eigenvalue weighted by atomic mass is 35.5. The topological polar surface area (TPSA) is 91.1 Å². The van der Waals surface area contributed by atoms with Crippen molar-refractivity contribution in [1.82, 2.24) is 24.3 Å². The van der Waals surface area contributed by atoms with Crippen LogP contribution in [0.2, 0.25) is 5.02 Å². The van der Waals surface area contributed by atoms with Gasteiger partial charge in [-0.3, -0.25) is 9.20 Å². The Morgan fingerprint density at radius 1 is 1.15 bits per heavy atom. The van der Waals surface area contributed by atoms with Gasteiger partial charge in [-0.05, 0) is 19.1 Å². The van der Waals surface area contributed by atoms with Crippen molar-refractivity contribution in [2.24, 2.45) is 0 Å². The van der Waals surface area contributed by atoms with E-state index in [1.807, 2.05) is 31.2 Å². The zero-order valence-corrected chi connectivity index (χ0v) is 15.9. The average Bonchev–Trinajstić information content (AvgIpc) is 3.02. The highest BCUT2D eigenvalue weighted by molar-refractivity contribution is 7.98. The van der Waals surface area contributed by atoms with Gasteiger partial charge < -0.3 is 5.84 Å². The molecule has 7 nitrogen and oxygen atoms in total. The largest absolute Gasteiger partial charge is 0.335 e. The summed E-state index contributed by atoms with van der Waals surface area (Å²) in [5, 5.41) is 9.34. The van der Waals surface area contributed by atoms with Crippen molar-refractivity contribution in [3.05, 3.63) is 75.3 Å². The van der Waals surface area contributed by atoms with Crippen molar-refractivity contribution in [2.75, 3.05) is 5.84 Å². The molecule has 0 aliphatic rings. The van der Waals surface area contributed by atoms with E-state index in [0.717, 1.165) is 11.1 Å². The van der Waals surface area contributed by atoms with Gasteiger partial charge in [0.2, 0.25) is 5.16 Å². The third kappa shape index (κ3) is 3.54. The summed E-state index contributed by atoms with van der Waals surface area (Å²) in [4.78, 5) is 16.7. The molecular weight excluding hydrogens is 384 g/mol. The third-order valence-electron chi connectivity index (χ3n) is 4.00. The van der Waals surface area contributed by atoms with Gasteiger partial charge in [-0.1, -0.05) is 53.2 Å². The molecule has 0 aliphatic carbocycles. The first-order valence-corrected chi connectivity index (χ1v) is 9.46. The number of nitrogens with two attached hydrogens (primary N) is 1. The Morgan fingerprint density at radius 2 is 1.93 bits per heavy atom. The minimum Gasteiger partial charge on any atom is -0.335 e. The molecule has 0 saturated carbocycles. The van der Waals surface area contributed by atoms with Crippen LogP contribution in [0.3, 0.4) is 0 Å². The Morgan fingerprint density at radius 3 is 2.70 bits per heavy atom. The molecule has 0 saturated heterocycles. The van der Waals surface area contributed by atoms with Crippen molar-refractivity contribution >= 4 is 29.0 Å². The van der Waals surface area contributed by atoms with E-state index in [-0.39, 0.29) is 5.56 Å². The molecule has 0 unspecified atom stereocenters. The summed E-state index contributed by atoms with van der Waals surface area (Å²) in [5.41, 5.74) is 3.03. The first kappa shape index (κ1) is 17.6. The smallest absolute Gasteiger partial charge is 0.258 e. The number of nitrogens with zero attached hydrogens (tertiary/aromatic N) is 5. The standard InChI is InChI=1S/C18H15ClN6OS/c1-11-2-4-12(5-3-11)17-22-23-18(25(17)20)27-10-14-8-16(26)24-9-13(19)6-7-15(24)21-14/h2-9H,10,20H2,1H3. The van der Waals surface area contributed by atoms with Crippen LogP contribution in [0.4, 0.5) is 0 Å². The van der Waals surface area contributed by atoms with E-state index < -0.39 is 0 Å². The summed E-state index contributed by atoms with van der Waals surface area (Å²) in [6, 6.07) is 12.8. The van der Waals surface area contributed by atoms with Crippen LogP contribution in [-0.2, 0) is 5.75 Å². The van der Waals surface area contributed by atoms with Crippen LogP contribution in [0.15, 0.2) is 58.6 Å². The van der Waals surface area contributed by atoms with E-state index in [4.69, 9.17) is 17.4 Å². The lowest BCUT2D eigenvalue weighted by molar-refractivity contribution is 0.848. The summed E-state index contributed by atoms with van der Waals surface area (Å²) < 4.78 is 2.86. The van der Waals surface area contributed by atoms with Crippen LogP contribution in [0.25, 0.3) is 17.0 Å². The van der Waals surface area contributed by atoms with Gasteiger partial charge >= 0.3 is 0 Å². The number of benzene rings is 1. The molecule has 0 fully saturated rings. The second kappa shape index (κ2) is 7.05. The number of fused-ring (bicyclic) bond motifs is 1. The molecular formula is C18H15ClN6OS. The maximum atomic E-state index is 12.2. The summed E-state index contributed by atoms with van der Waals surface area (Å²) in [6.07, 6.45) is 1.55. The molecule has 9 heteroatoms. The first-order valence-electron chi connectivity index (χ1n) is 8.09. The van der Waals surface area contributed by atoms with E-state index >= 15 is 0 Å². The predicted octanol–water partition coefficient (Wildman–Crippen LogP) is 2.92.